The first-order valence-corrected chi connectivity index (χ1v) is 5.68. The fourth-order valence-electron chi connectivity index (χ4n) is 1.54. The Bertz CT molecular complexity index is 620. The van der Waals surface area contributed by atoms with Crippen molar-refractivity contribution in [3.63, 3.8) is 0 Å². The zero-order valence-corrected chi connectivity index (χ0v) is 10.3. The Kier molecular flexibility index (Phi) is 3.65. The molecule has 2 aromatic rings. The van der Waals surface area contributed by atoms with Crippen LogP contribution in [0.15, 0.2) is 22.6 Å². The number of carbonyl (C=O) groups excluding carboxylic acids is 1. The second-order valence-corrected chi connectivity index (χ2v) is 3.86. The molecule has 0 fully saturated rings. The molecule has 0 aliphatic carbocycles. The number of aromatic carboxylic acids is 1. The summed E-state index contributed by atoms with van der Waals surface area (Å²) in [4.78, 5) is 26.0. The molecule has 0 radical (unpaired) electrons. The van der Waals surface area contributed by atoms with Crippen LogP contribution in [-0.2, 0) is 4.79 Å². The van der Waals surface area contributed by atoms with Crippen LogP contribution in [-0.4, -0.2) is 35.6 Å². The predicted octanol–water partition coefficient (Wildman–Crippen LogP) is 1.07. The van der Waals surface area contributed by atoms with Crippen LogP contribution >= 0.6 is 0 Å². The molecule has 1 heterocycles. The first-order chi connectivity index (χ1) is 9.10. The standard InChI is InChI=1S/C12H13N3O4/c1-13-10(16)4-5-14-12-15-8-3-2-7(11(17)18)6-9(8)19-12/h2-3,6H,4-5H2,1H3,(H,13,16)(H,14,15)(H,17,18). The van der Waals surface area contributed by atoms with Gasteiger partial charge in [-0.2, -0.15) is 4.98 Å². The zero-order chi connectivity index (χ0) is 13.8. The third kappa shape index (κ3) is 3.01. The molecule has 100 valence electrons. The molecule has 0 saturated heterocycles. The van der Waals surface area contributed by atoms with Gasteiger partial charge in [-0.3, -0.25) is 4.79 Å². The van der Waals surface area contributed by atoms with E-state index in [0.29, 0.717) is 24.1 Å². The van der Waals surface area contributed by atoms with Gasteiger partial charge in [-0.1, -0.05) is 0 Å². The predicted molar refractivity (Wildman–Crippen MR) is 68.1 cm³/mol. The molecule has 3 N–H and O–H groups in total. The molecule has 0 saturated carbocycles. The Morgan fingerprint density at radius 2 is 2.21 bits per heavy atom. The van der Waals surface area contributed by atoms with Crippen LogP contribution in [0.25, 0.3) is 11.1 Å². The molecule has 0 unspecified atom stereocenters. The molecular weight excluding hydrogens is 250 g/mol. The molecule has 0 aliphatic rings. The highest BCUT2D eigenvalue weighted by Crippen LogP contribution is 2.20. The average molecular weight is 263 g/mol. The Morgan fingerprint density at radius 3 is 2.89 bits per heavy atom. The summed E-state index contributed by atoms with van der Waals surface area (Å²) >= 11 is 0. The van der Waals surface area contributed by atoms with Crippen LogP contribution in [0.1, 0.15) is 16.8 Å². The van der Waals surface area contributed by atoms with Crippen molar-refractivity contribution >= 4 is 29.0 Å². The molecule has 7 heteroatoms. The summed E-state index contributed by atoms with van der Waals surface area (Å²) in [6, 6.07) is 4.71. The first kappa shape index (κ1) is 12.9. The number of amides is 1. The molecule has 0 bridgehead atoms. The van der Waals surface area contributed by atoms with Gasteiger partial charge in [0.1, 0.15) is 5.52 Å². The summed E-state index contributed by atoms with van der Waals surface area (Å²) in [5.41, 5.74) is 1.09. The van der Waals surface area contributed by atoms with E-state index in [1.54, 1.807) is 13.1 Å². The number of rotatable bonds is 5. The number of oxazole rings is 1. The van der Waals surface area contributed by atoms with E-state index in [4.69, 9.17) is 9.52 Å². The Balaban J connectivity index is 2.09. The topological polar surface area (TPSA) is 104 Å². The van der Waals surface area contributed by atoms with Gasteiger partial charge in [0.05, 0.1) is 5.56 Å². The molecule has 1 amide bonds. The van der Waals surface area contributed by atoms with Crippen molar-refractivity contribution in [1.29, 1.82) is 0 Å². The van der Waals surface area contributed by atoms with Crippen LogP contribution in [0.5, 0.6) is 0 Å². The third-order valence-corrected chi connectivity index (χ3v) is 2.54. The lowest BCUT2D eigenvalue weighted by molar-refractivity contribution is -0.120. The Morgan fingerprint density at radius 1 is 1.42 bits per heavy atom. The van der Waals surface area contributed by atoms with Crippen molar-refractivity contribution in [2.75, 3.05) is 18.9 Å². The second kappa shape index (κ2) is 5.38. The minimum Gasteiger partial charge on any atom is -0.478 e. The van der Waals surface area contributed by atoms with E-state index < -0.39 is 5.97 Å². The van der Waals surface area contributed by atoms with Crippen LogP contribution < -0.4 is 10.6 Å². The van der Waals surface area contributed by atoms with Gasteiger partial charge in [0, 0.05) is 20.0 Å². The molecule has 2 rings (SSSR count). The number of carboxylic acid groups (broad SMARTS) is 1. The second-order valence-electron chi connectivity index (χ2n) is 3.86. The number of hydrogen-bond acceptors (Lipinski definition) is 5. The number of nitrogens with one attached hydrogen (secondary N) is 2. The lowest BCUT2D eigenvalue weighted by atomic mass is 10.2. The Labute approximate surface area is 108 Å². The molecule has 7 nitrogen and oxygen atoms in total. The summed E-state index contributed by atoms with van der Waals surface area (Å²) < 4.78 is 5.36. The van der Waals surface area contributed by atoms with Crippen LogP contribution in [0, 0.1) is 0 Å². The molecule has 1 aromatic carbocycles. The van der Waals surface area contributed by atoms with Crippen molar-refractivity contribution < 1.29 is 19.1 Å². The lowest BCUT2D eigenvalue weighted by Gasteiger charge is -1.99. The number of fused-ring (bicyclic) bond motifs is 1. The first-order valence-electron chi connectivity index (χ1n) is 5.68. The number of aromatic nitrogens is 1. The summed E-state index contributed by atoms with van der Waals surface area (Å²) in [6.07, 6.45) is 0.301. The molecule has 0 atom stereocenters. The van der Waals surface area contributed by atoms with Gasteiger partial charge < -0.3 is 20.2 Å². The number of hydrogen-bond donors (Lipinski definition) is 3. The number of benzene rings is 1. The van der Waals surface area contributed by atoms with Gasteiger partial charge in [-0.05, 0) is 18.2 Å². The highest BCUT2D eigenvalue weighted by atomic mass is 16.4. The number of nitrogens with zero attached hydrogens (tertiary/aromatic N) is 1. The zero-order valence-electron chi connectivity index (χ0n) is 10.3. The van der Waals surface area contributed by atoms with Gasteiger partial charge in [0.25, 0.3) is 6.01 Å². The quantitative estimate of drug-likeness (QED) is 0.745. The maximum Gasteiger partial charge on any atom is 0.335 e. The molecular formula is C12H13N3O4. The number of carboxylic acids is 1. The Hall–Kier alpha value is -2.57. The van der Waals surface area contributed by atoms with Crippen LogP contribution in [0.2, 0.25) is 0 Å². The highest BCUT2D eigenvalue weighted by molar-refractivity contribution is 5.92. The smallest absolute Gasteiger partial charge is 0.335 e. The van der Waals surface area contributed by atoms with Crippen molar-refractivity contribution in [3.8, 4) is 0 Å². The van der Waals surface area contributed by atoms with Gasteiger partial charge in [0.15, 0.2) is 5.58 Å². The summed E-state index contributed by atoms with van der Waals surface area (Å²) in [5, 5.41) is 14.2. The molecule has 0 aliphatic heterocycles. The van der Waals surface area contributed by atoms with Crippen molar-refractivity contribution in [1.82, 2.24) is 10.3 Å². The maximum absolute atomic E-state index is 11.0. The maximum atomic E-state index is 11.0. The van der Waals surface area contributed by atoms with E-state index in [1.807, 2.05) is 0 Å². The van der Waals surface area contributed by atoms with E-state index in [0.717, 1.165) is 0 Å². The van der Waals surface area contributed by atoms with E-state index in [1.165, 1.54) is 12.1 Å². The minimum absolute atomic E-state index is 0.0863. The van der Waals surface area contributed by atoms with Gasteiger partial charge >= 0.3 is 5.97 Å². The molecule has 19 heavy (non-hydrogen) atoms. The highest BCUT2D eigenvalue weighted by Gasteiger charge is 2.09. The minimum atomic E-state index is -1.02. The van der Waals surface area contributed by atoms with E-state index in [-0.39, 0.29) is 17.5 Å². The van der Waals surface area contributed by atoms with E-state index in [9.17, 15) is 9.59 Å². The molecule has 0 spiro atoms. The monoisotopic (exact) mass is 263 g/mol. The molecule has 1 aromatic heterocycles. The van der Waals surface area contributed by atoms with Crippen molar-refractivity contribution in [2.45, 2.75) is 6.42 Å². The fraction of sp³-hybridized carbons (Fsp3) is 0.250. The summed E-state index contributed by atoms with van der Waals surface area (Å²) in [7, 11) is 1.56. The lowest BCUT2D eigenvalue weighted by Crippen LogP contribution is -2.20. The van der Waals surface area contributed by atoms with Crippen LogP contribution in [0.4, 0.5) is 6.01 Å². The fourth-order valence-corrected chi connectivity index (χ4v) is 1.54. The SMILES string of the molecule is CNC(=O)CCNc1nc2ccc(C(=O)O)cc2o1. The average Bonchev–Trinajstić information content (AvgIpc) is 2.79. The van der Waals surface area contributed by atoms with Crippen LogP contribution in [0.3, 0.4) is 0 Å². The van der Waals surface area contributed by atoms with Gasteiger partial charge in [-0.25, -0.2) is 4.79 Å². The normalized spacial score (nSPS) is 10.4. The third-order valence-electron chi connectivity index (χ3n) is 2.54. The van der Waals surface area contributed by atoms with Gasteiger partial charge in [-0.15, -0.1) is 0 Å². The number of carbonyl (C=O) groups is 2. The van der Waals surface area contributed by atoms with Gasteiger partial charge in [0.2, 0.25) is 5.91 Å². The summed E-state index contributed by atoms with van der Waals surface area (Å²) in [5.74, 6) is -1.11. The van der Waals surface area contributed by atoms with E-state index in [2.05, 4.69) is 15.6 Å². The summed E-state index contributed by atoms with van der Waals surface area (Å²) in [6.45, 7) is 0.387. The number of anilines is 1. The van der Waals surface area contributed by atoms with Crippen molar-refractivity contribution in [2.24, 2.45) is 0 Å². The largest absolute Gasteiger partial charge is 0.478 e. The van der Waals surface area contributed by atoms with E-state index >= 15 is 0 Å². The van der Waals surface area contributed by atoms with Crippen molar-refractivity contribution in [3.05, 3.63) is 23.8 Å².